The second-order valence-corrected chi connectivity index (χ2v) is 6.79. The summed E-state index contributed by atoms with van der Waals surface area (Å²) in [5.74, 6) is -0.529. The monoisotopic (exact) mass is 321 g/mol. The number of aryl methyl sites for hydroxylation is 1. The smallest absolute Gasteiger partial charge is 0.338 e. The number of anilines is 1. The van der Waals surface area contributed by atoms with Crippen molar-refractivity contribution in [3.05, 3.63) is 46.8 Å². The first-order valence-corrected chi connectivity index (χ1v) is 8.18. The van der Waals surface area contributed by atoms with E-state index in [2.05, 4.69) is 5.32 Å². The molecule has 0 aliphatic carbocycles. The number of carboxylic acid groups (broad SMARTS) is 1. The van der Waals surface area contributed by atoms with Gasteiger partial charge in [0.05, 0.1) is 5.56 Å². The molecule has 1 aromatic heterocycles. The van der Waals surface area contributed by atoms with Crippen molar-refractivity contribution in [3.63, 3.8) is 0 Å². The fourth-order valence-corrected chi connectivity index (χ4v) is 3.53. The number of carbonyl (C=O) groups excluding carboxylic acids is 1. The number of carbonyl (C=O) groups is 2. The van der Waals surface area contributed by atoms with Crippen molar-refractivity contribution in [2.24, 2.45) is 0 Å². The Kier molecular flexibility index (Phi) is 5.41. The molecule has 0 spiro atoms. The van der Waals surface area contributed by atoms with Crippen LogP contribution >= 0.6 is 23.1 Å². The quantitative estimate of drug-likeness (QED) is 0.793. The summed E-state index contributed by atoms with van der Waals surface area (Å²) >= 11 is 2.88. The van der Waals surface area contributed by atoms with Crippen LogP contribution in [0.3, 0.4) is 0 Å². The van der Waals surface area contributed by atoms with E-state index < -0.39 is 5.97 Å². The van der Waals surface area contributed by atoms with Crippen molar-refractivity contribution in [2.75, 3.05) is 11.1 Å². The predicted molar refractivity (Wildman–Crippen MR) is 86.4 cm³/mol. The lowest BCUT2D eigenvalue weighted by Crippen LogP contribution is -2.13. The summed E-state index contributed by atoms with van der Waals surface area (Å²) in [6.07, 6.45) is 0.343. The van der Waals surface area contributed by atoms with Gasteiger partial charge in [0.1, 0.15) is 5.00 Å². The zero-order valence-corrected chi connectivity index (χ0v) is 13.1. The van der Waals surface area contributed by atoms with E-state index in [1.807, 2.05) is 37.3 Å². The number of nitrogens with one attached hydrogen (secondary N) is 1. The second kappa shape index (κ2) is 7.28. The van der Waals surface area contributed by atoms with Gasteiger partial charge in [-0.1, -0.05) is 18.2 Å². The molecule has 6 heteroatoms. The van der Waals surface area contributed by atoms with Gasteiger partial charge in [0.25, 0.3) is 0 Å². The lowest BCUT2D eigenvalue weighted by molar-refractivity contribution is -0.115. The molecule has 0 saturated carbocycles. The molecule has 110 valence electrons. The van der Waals surface area contributed by atoms with E-state index in [0.29, 0.717) is 17.2 Å². The fraction of sp³-hybridized carbons (Fsp3) is 0.200. The van der Waals surface area contributed by atoms with Crippen LogP contribution in [0.5, 0.6) is 0 Å². The van der Waals surface area contributed by atoms with Crippen LogP contribution in [0.15, 0.2) is 41.3 Å². The zero-order chi connectivity index (χ0) is 15.2. The fourth-order valence-electron chi connectivity index (χ4n) is 1.73. The van der Waals surface area contributed by atoms with Crippen LogP contribution in [0.2, 0.25) is 0 Å². The van der Waals surface area contributed by atoms with Crippen LogP contribution in [0.1, 0.15) is 21.7 Å². The van der Waals surface area contributed by atoms with Crippen LogP contribution < -0.4 is 5.32 Å². The van der Waals surface area contributed by atoms with Gasteiger partial charge in [0.15, 0.2) is 0 Å². The number of carboxylic acids is 1. The first-order chi connectivity index (χ1) is 10.1. The number of rotatable bonds is 6. The van der Waals surface area contributed by atoms with E-state index in [9.17, 15) is 9.59 Å². The van der Waals surface area contributed by atoms with Gasteiger partial charge in [0, 0.05) is 21.9 Å². The Morgan fingerprint density at radius 3 is 2.67 bits per heavy atom. The standard InChI is InChI=1S/C15H15NO3S2/c1-10-9-12(15(18)19)14(21-10)16-13(17)7-8-20-11-5-3-2-4-6-11/h2-6,9H,7-8H2,1H3,(H,16,17)(H,18,19). The van der Waals surface area contributed by atoms with Gasteiger partial charge >= 0.3 is 5.97 Å². The Balaban J connectivity index is 1.86. The average Bonchev–Trinajstić information content (AvgIpc) is 2.81. The maximum absolute atomic E-state index is 11.9. The highest BCUT2D eigenvalue weighted by Gasteiger charge is 2.15. The minimum Gasteiger partial charge on any atom is -0.478 e. The number of amides is 1. The number of thiophene rings is 1. The molecule has 0 bridgehead atoms. The van der Waals surface area contributed by atoms with Gasteiger partial charge in [-0.05, 0) is 25.1 Å². The molecular weight excluding hydrogens is 306 g/mol. The summed E-state index contributed by atoms with van der Waals surface area (Å²) in [5.41, 5.74) is 0.154. The number of hydrogen-bond acceptors (Lipinski definition) is 4. The molecule has 2 N–H and O–H groups in total. The van der Waals surface area contributed by atoms with Crippen molar-refractivity contribution < 1.29 is 14.7 Å². The first kappa shape index (κ1) is 15.6. The Labute approximate surface area is 131 Å². The van der Waals surface area contributed by atoms with Gasteiger partial charge < -0.3 is 10.4 Å². The Morgan fingerprint density at radius 2 is 2.00 bits per heavy atom. The summed E-state index contributed by atoms with van der Waals surface area (Å²) in [6.45, 7) is 1.82. The molecule has 1 amide bonds. The third-order valence-electron chi connectivity index (χ3n) is 2.68. The van der Waals surface area contributed by atoms with Crippen molar-refractivity contribution in [2.45, 2.75) is 18.2 Å². The van der Waals surface area contributed by atoms with Gasteiger partial charge in [-0.15, -0.1) is 23.1 Å². The van der Waals surface area contributed by atoms with Gasteiger partial charge in [-0.2, -0.15) is 0 Å². The van der Waals surface area contributed by atoms with Gasteiger partial charge in [-0.3, -0.25) is 4.79 Å². The number of aromatic carboxylic acids is 1. The largest absolute Gasteiger partial charge is 0.478 e. The van der Waals surface area contributed by atoms with Crippen molar-refractivity contribution in [1.82, 2.24) is 0 Å². The van der Waals surface area contributed by atoms with Crippen LogP contribution in [-0.4, -0.2) is 22.7 Å². The lowest BCUT2D eigenvalue weighted by Gasteiger charge is -2.04. The third kappa shape index (κ3) is 4.61. The average molecular weight is 321 g/mol. The SMILES string of the molecule is Cc1cc(C(=O)O)c(NC(=O)CCSc2ccccc2)s1. The highest BCUT2D eigenvalue weighted by atomic mass is 32.2. The number of benzene rings is 1. The Bertz CT molecular complexity index is 638. The summed E-state index contributed by atoms with van der Waals surface area (Å²) < 4.78 is 0. The van der Waals surface area contributed by atoms with E-state index in [0.717, 1.165) is 9.77 Å². The molecule has 0 aliphatic rings. The van der Waals surface area contributed by atoms with E-state index in [4.69, 9.17) is 5.11 Å². The molecular formula is C15H15NO3S2. The van der Waals surface area contributed by atoms with Crippen LogP contribution in [0.25, 0.3) is 0 Å². The van der Waals surface area contributed by atoms with Crippen LogP contribution in [0.4, 0.5) is 5.00 Å². The molecule has 2 rings (SSSR count). The minimum absolute atomic E-state index is 0.154. The first-order valence-electron chi connectivity index (χ1n) is 6.37. The molecule has 0 fully saturated rings. The number of hydrogen-bond donors (Lipinski definition) is 2. The van der Waals surface area contributed by atoms with Crippen molar-refractivity contribution in [1.29, 1.82) is 0 Å². The Morgan fingerprint density at radius 1 is 1.29 bits per heavy atom. The van der Waals surface area contributed by atoms with Crippen LogP contribution in [0, 0.1) is 6.92 Å². The van der Waals surface area contributed by atoms with E-state index >= 15 is 0 Å². The molecule has 0 unspecified atom stereocenters. The molecule has 0 atom stereocenters. The third-order valence-corrected chi connectivity index (χ3v) is 4.66. The molecule has 0 radical (unpaired) electrons. The van der Waals surface area contributed by atoms with E-state index in [1.165, 1.54) is 11.3 Å². The maximum atomic E-state index is 11.9. The van der Waals surface area contributed by atoms with Gasteiger partial charge in [-0.25, -0.2) is 4.79 Å². The number of thioether (sulfide) groups is 1. The molecule has 1 aromatic carbocycles. The molecule has 0 saturated heterocycles. The molecule has 1 heterocycles. The van der Waals surface area contributed by atoms with E-state index in [-0.39, 0.29) is 11.5 Å². The summed E-state index contributed by atoms with van der Waals surface area (Å²) in [6, 6.07) is 11.4. The van der Waals surface area contributed by atoms with Crippen molar-refractivity contribution in [3.8, 4) is 0 Å². The van der Waals surface area contributed by atoms with E-state index in [1.54, 1.807) is 17.8 Å². The normalized spacial score (nSPS) is 10.3. The molecule has 2 aromatic rings. The second-order valence-electron chi connectivity index (χ2n) is 4.36. The highest BCUT2D eigenvalue weighted by Crippen LogP contribution is 2.28. The predicted octanol–water partition coefficient (Wildman–Crippen LogP) is 3.88. The summed E-state index contributed by atoms with van der Waals surface area (Å²) in [5, 5.41) is 12.2. The molecule has 21 heavy (non-hydrogen) atoms. The minimum atomic E-state index is -1.02. The van der Waals surface area contributed by atoms with Crippen LogP contribution in [-0.2, 0) is 4.79 Å². The Hall–Kier alpha value is -1.79. The maximum Gasteiger partial charge on any atom is 0.338 e. The highest BCUT2D eigenvalue weighted by molar-refractivity contribution is 7.99. The summed E-state index contributed by atoms with van der Waals surface area (Å²) in [7, 11) is 0. The zero-order valence-electron chi connectivity index (χ0n) is 11.5. The molecule has 0 aliphatic heterocycles. The summed E-state index contributed by atoms with van der Waals surface area (Å²) in [4.78, 5) is 24.9. The van der Waals surface area contributed by atoms with Crippen molar-refractivity contribution >= 4 is 40.0 Å². The topological polar surface area (TPSA) is 66.4 Å². The van der Waals surface area contributed by atoms with Gasteiger partial charge in [0.2, 0.25) is 5.91 Å². The molecule has 4 nitrogen and oxygen atoms in total. The lowest BCUT2D eigenvalue weighted by atomic mass is 10.3.